The van der Waals surface area contributed by atoms with Gasteiger partial charge in [-0.05, 0) is 26.7 Å². The van der Waals surface area contributed by atoms with Crippen molar-refractivity contribution in [2.45, 2.75) is 45.7 Å². The molecule has 1 aromatic heterocycles. The Labute approximate surface area is 125 Å². The zero-order valence-electron chi connectivity index (χ0n) is 12.7. The van der Waals surface area contributed by atoms with Crippen LogP contribution in [0.25, 0.3) is 0 Å². The van der Waals surface area contributed by atoms with Crippen LogP contribution < -0.4 is 5.32 Å². The Kier molecular flexibility index (Phi) is 7.28. The minimum Gasteiger partial charge on any atom is -0.481 e. The number of aromatic nitrogens is 2. The van der Waals surface area contributed by atoms with Crippen LogP contribution in [0.5, 0.6) is 0 Å². The van der Waals surface area contributed by atoms with Gasteiger partial charge in [0.25, 0.3) is 0 Å². The highest BCUT2D eigenvalue weighted by Gasteiger charge is 2.16. The van der Waals surface area contributed by atoms with Gasteiger partial charge in [0, 0.05) is 44.5 Å². The number of carboxylic acids is 1. The topological polar surface area (TPSA) is 87.5 Å². The lowest BCUT2D eigenvalue weighted by Gasteiger charge is -2.26. The van der Waals surface area contributed by atoms with Crippen LogP contribution >= 0.6 is 0 Å². The average molecular weight is 296 g/mol. The molecule has 2 amide bonds. The molecule has 0 radical (unpaired) electrons. The summed E-state index contributed by atoms with van der Waals surface area (Å²) in [7, 11) is 0. The van der Waals surface area contributed by atoms with Crippen molar-refractivity contribution in [3.05, 3.63) is 18.7 Å². The van der Waals surface area contributed by atoms with Crippen molar-refractivity contribution in [2.75, 3.05) is 13.1 Å². The number of aliphatic carboxylic acids is 1. The van der Waals surface area contributed by atoms with Gasteiger partial charge in [-0.25, -0.2) is 9.78 Å². The summed E-state index contributed by atoms with van der Waals surface area (Å²) in [5.74, 6) is -0.834. The minimum atomic E-state index is -0.834. The molecule has 7 nitrogen and oxygen atoms in total. The van der Waals surface area contributed by atoms with Crippen LogP contribution in [0.2, 0.25) is 0 Å². The number of aryl methyl sites for hydroxylation is 1. The molecular formula is C14H24N4O3. The van der Waals surface area contributed by atoms with E-state index in [4.69, 9.17) is 5.11 Å². The Morgan fingerprint density at radius 2 is 2.14 bits per heavy atom. The standard InChI is InChI=1S/C14H24N4O3/c1-12(2)18(9-3-5-13(19)20)14(21)16-6-4-8-17-10-7-15-11-17/h7,10-12H,3-6,8-9H2,1-2H3,(H,16,21)(H,19,20). The molecule has 0 saturated heterocycles. The summed E-state index contributed by atoms with van der Waals surface area (Å²) < 4.78 is 1.96. The first-order chi connectivity index (χ1) is 10.0. The number of carbonyl (C=O) groups excluding carboxylic acids is 1. The molecule has 0 aliphatic carbocycles. The highest BCUT2D eigenvalue weighted by atomic mass is 16.4. The Hall–Kier alpha value is -2.05. The number of hydrogen-bond donors (Lipinski definition) is 2. The van der Waals surface area contributed by atoms with E-state index in [0.29, 0.717) is 19.5 Å². The summed E-state index contributed by atoms with van der Waals surface area (Å²) in [5.41, 5.74) is 0. The number of nitrogens with zero attached hydrogens (tertiary/aromatic N) is 3. The number of carbonyl (C=O) groups is 2. The van der Waals surface area contributed by atoms with Crippen LogP contribution in [-0.4, -0.2) is 50.7 Å². The first-order valence-electron chi connectivity index (χ1n) is 7.22. The van der Waals surface area contributed by atoms with Crippen LogP contribution in [0.1, 0.15) is 33.1 Å². The summed E-state index contributed by atoms with van der Waals surface area (Å²) in [5, 5.41) is 11.5. The second-order valence-corrected chi connectivity index (χ2v) is 5.17. The van der Waals surface area contributed by atoms with Crippen molar-refractivity contribution in [3.8, 4) is 0 Å². The SMILES string of the molecule is CC(C)N(CCCC(=O)O)C(=O)NCCCn1ccnc1. The first-order valence-corrected chi connectivity index (χ1v) is 7.22. The average Bonchev–Trinajstić information content (AvgIpc) is 2.92. The molecule has 0 aromatic carbocycles. The fourth-order valence-corrected chi connectivity index (χ4v) is 1.97. The third-order valence-corrected chi connectivity index (χ3v) is 3.10. The minimum absolute atomic E-state index is 0.0486. The second-order valence-electron chi connectivity index (χ2n) is 5.17. The molecule has 1 rings (SSSR count). The summed E-state index contributed by atoms with van der Waals surface area (Å²) in [6.07, 6.45) is 6.72. The van der Waals surface area contributed by atoms with Gasteiger partial charge in [-0.1, -0.05) is 0 Å². The summed E-state index contributed by atoms with van der Waals surface area (Å²) in [4.78, 5) is 28.2. The lowest BCUT2D eigenvalue weighted by molar-refractivity contribution is -0.137. The highest BCUT2D eigenvalue weighted by Crippen LogP contribution is 2.03. The van der Waals surface area contributed by atoms with Crippen LogP contribution in [-0.2, 0) is 11.3 Å². The summed E-state index contributed by atoms with van der Waals surface area (Å²) in [6.45, 7) is 5.69. The van der Waals surface area contributed by atoms with Crippen molar-refractivity contribution in [2.24, 2.45) is 0 Å². The smallest absolute Gasteiger partial charge is 0.317 e. The van der Waals surface area contributed by atoms with Crippen LogP contribution in [0, 0.1) is 0 Å². The van der Waals surface area contributed by atoms with Crippen LogP contribution in [0.4, 0.5) is 4.79 Å². The molecule has 1 aromatic rings. The zero-order valence-corrected chi connectivity index (χ0v) is 12.7. The number of carboxylic acid groups (broad SMARTS) is 1. The largest absolute Gasteiger partial charge is 0.481 e. The van der Waals surface area contributed by atoms with E-state index in [2.05, 4.69) is 10.3 Å². The number of hydrogen-bond acceptors (Lipinski definition) is 3. The third kappa shape index (κ3) is 6.78. The van der Waals surface area contributed by atoms with E-state index in [-0.39, 0.29) is 18.5 Å². The maximum Gasteiger partial charge on any atom is 0.317 e. The van der Waals surface area contributed by atoms with E-state index < -0.39 is 5.97 Å². The van der Waals surface area contributed by atoms with Crippen LogP contribution in [0.15, 0.2) is 18.7 Å². The number of rotatable bonds is 9. The Bertz CT molecular complexity index is 431. The van der Waals surface area contributed by atoms with Gasteiger partial charge in [0.05, 0.1) is 6.33 Å². The van der Waals surface area contributed by atoms with Crippen molar-refractivity contribution < 1.29 is 14.7 Å². The number of urea groups is 1. The Morgan fingerprint density at radius 1 is 1.38 bits per heavy atom. The van der Waals surface area contributed by atoms with E-state index >= 15 is 0 Å². The van der Waals surface area contributed by atoms with Gasteiger partial charge in [0.2, 0.25) is 0 Å². The first kappa shape index (κ1) is 17.0. The summed E-state index contributed by atoms with van der Waals surface area (Å²) in [6, 6.07) is -0.0894. The van der Waals surface area contributed by atoms with E-state index in [1.807, 2.05) is 24.6 Å². The van der Waals surface area contributed by atoms with E-state index in [0.717, 1.165) is 13.0 Å². The molecule has 1 heterocycles. The second kappa shape index (κ2) is 8.99. The molecule has 2 N–H and O–H groups in total. The maximum absolute atomic E-state index is 12.1. The molecule has 0 unspecified atom stereocenters. The molecule has 118 valence electrons. The predicted molar refractivity (Wildman–Crippen MR) is 79.0 cm³/mol. The van der Waals surface area contributed by atoms with Crippen molar-refractivity contribution in [3.63, 3.8) is 0 Å². The van der Waals surface area contributed by atoms with Gasteiger partial charge in [-0.2, -0.15) is 0 Å². The third-order valence-electron chi connectivity index (χ3n) is 3.10. The fraction of sp³-hybridized carbons (Fsp3) is 0.643. The van der Waals surface area contributed by atoms with Gasteiger partial charge >= 0.3 is 12.0 Å². The number of nitrogens with one attached hydrogen (secondary N) is 1. The number of imidazole rings is 1. The van der Waals surface area contributed by atoms with Gasteiger partial charge in [-0.3, -0.25) is 4.79 Å². The Morgan fingerprint density at radius 3 is 2.71 bits per heavy atom. The monoisotopic (exact) mass is 296 g/mol. The lowest BCUT2D eigenvalue weighted by Crippen LogP contribution is -2.45. The van der Waals surface area contributed by atoms with E-state index in [1.165, 1.54) is 0 Å². The van der Waals surface area contributed by atoms with E-state index in [9.17, 15) is 9.59 Å². The molecule has 0 aliphatic heterocycles. The van der Waals surface area contributed by atoms with Crippen molar-refractivity contribution in [1.82, 2.24) is 19.8 Å². The Balaban J connectivity index is 2.26. The maximum atomic E-state index is 12.1. The van der Waals surface area contributed by atoms with Gasteiger partial charge in [-0.15, -0.1) is 0 Å². The molecule has 0 saturated carbocycles. The predicted octanol–water partition coefficient (Wildman–Crippen LogP) is 1.56. The molecular weight excluding hydrogens is 272 g/mol. The van der Waals surface area contributed by atoms with E-state index in [1.54, 1.807) is 17.4 Å². The van der Waals surface area contributed by atoms with Crippen LogP contribution in [0.3, 0.4) is 0 Å². The molecule has 0 atom stereocenters. The molecule has 21 heavy (non-hydrogen) atoms. The van der Waals surface area contributed by atoms with Gasteiger partial charge in [0.1, 0.15) is 0 Å². The quantitative estimate of drug-likeness (QED) is 0.677. The molecule has 0 bridgehead atoms. The normalized spacial score (nSPS) is 10.6. The van der Waals surface area contributed by atoms with Crippen molar-refractivity contribution >= 4 is 12.0 Å². The number of amides is 2. The zero-order chi connectivity index (χ0) is 15.7. The van der Waals surface area contributed by atoms with Gasteiger partial charge in [0.15, 0.2) is 0 Å². The lowest BCUT2D eigenvalue weighted by atomic mass is 10.2. The fourth-order valence-electron chi connectivity index (χ4n) is 1.97. The highest BCUT2D eigenvalue weighted by molar-refractivity contribution is 5.74. The molecule has 7 heteroatoms. The molecule has 0 fully saturated rings. The molecule has 0 spiro atoms. The summed E-state index contributed by atoms with van der Waals surface area (Å²) >= 11 is 0. The molecule has 0 aliphatic rings. The van der Waals surface area contributed by atoms with Crippen molar-refractivity contribution in [1.29, 1.82) is 0 Å². The van der Waals surface area contributed by atoms with Gasteiger partial charge < -0.3 is 19.9 Å².